The zero-order valence-corrected chi connectivity index (χ0v) is 9.33. The summed E-state index contributed by atoms with van der Waals surface area (Å²) in [6.45, 7) is 1.96. The average molecular weight is 239 g/mol. The van der Waals surface area contributed by atoms with Gasteiger partial charge in [0.25, 0.3) is 0 Å². The number of nitrogens with zero attached hydrogens (tertiary/aromatic N) is 1. The average Bonchev–Trinajstić information content (AvgIpc) is 2.29. The fourth-order valence-corrected chi connectivity index (χ4v) is 1.82. The summed E-state index contributed by atoms with van der Waals surface area (Å²) < 4.78 is 37.2. The van der Waals surface area contributed by atoms with E-state index >= 15 is 0 Å². The molecule has 4 heteroatoms. The Morgan fingerprint density at radius 3 is 2.47 bits per heavy atom. The minimum Gasteiger partial charge on any atom is -0.260 e. The molecule has 1 aliphatic carbocycles. The number of aromatic nitrogens is 1. The van der Waals surface area contributed by atoms with Gasteiger partial charge in [0, 0.05) is 11.6 Å². The highest BCUT2D eigenvalue weighted by Gasteiger charge is 2.32. The van der Waals surface area contributed by atoms with Crippen LogP contribution in [0.5, 0.6) is 0 Å². The van der Waals surface area contributed by atoms with E-state index < -0.39 is 11.7 Å². The van der Waals surface area contributed by atoms with Crippen LogP contribution in [0.2, 0.25) is 0 Å². The molecule has 0 saturated carbocycles. The van der Waals surface area contributed by atoms with Gasteiger partial charge in [-0.1, -0.05) is 31.2 Å². The predicted octanol–water partition coefficient (Wildman–Crippen LogP) is 3.87. The van der Waals surface area contributed by atoms with Gasteiger partial charge >= 0.3 is 6.18 Å². The van der Waals surface area contributed by atoms with Gasteiger partial charge in [-0.3, -0.25) is 4.98 Å². The van der Waals surface area contributed by atoms with Crippen LogP contribution in [0.3, 0.4) is 0 Å². The Kier molecular flexibility index (Phi) is 2.81. The molecule has 1 nitrogen and oxygen atoms in total. The predicted molar refractivity (Wildman–Crippen MR) is 59.5 cm³/mol. The number of pyridine rings is 1. The van der Waals surface area contributed by atoms with E-state index in [1.807, 2.05) is 31.2 Å². The van der Waals surface area contributed by atoms with Crippen LogP contribution in [0, 0.1) is 0 Å². The first-order valence-electron chi connectivity index (χ1n) is 5.30. The van der Waals surface area contributed by atoms with Crippen LogP contribution in [-0.4, -0.2) is 4.98 Å². The van der Waals surface area contributed by atoms with Crippen LogP contribution in [0.1, 0.15) is 24.6 Å². The lowest BCUT2D eigenvalue weighted by atomic mass is 9.80. The SMILES string of the molecule is CC1(c2ccc(C(F)(F)F)cn2)C=CC=CC1. The summed E-state index contributed by atoms with van der Waals surface area (Å²) in [5, 5.41) is 0. The molecular weight excluding hydrogens is 227 g/mol. The van der Waals surface area contributed by atoms with Crippen molar-refractivity contribution in [3.8, 4) is 0 Å². The Labute approximate surface area is 97.7 Å². The molecule has 0 fully saturated rings. The summed E-state index contributed by atoms with van der Waals surface area (Å²) in [6, 6.07) is 2.53. The molecule has 17 heavy (non-hydrogen) atoms. The minimum atomic E-state index is -4.32. The summed E-state index contributed by atoms with van der Waals surface area (Å²) in [5.41, 5.74) is -0.356. The first-order chi connectivity index (χ1) is 7.92. The van der Waals surface area contributed by atoms with E-state index in [9.17, 15) is 13.2 Å². The van der Waals surface area contributed by atoms with Gasteiger partial charge in [-0.2, -0.15) is 13.2 Å². The van der Waals surface area contributed by atoms with Crippen molar-refractivity contribution in [2.24, 2.45) is 0 Å². The number of allylic oxidation sites excluding steroid dienone is 4. The highest BCUT2D eigenvalue weighted by Crippen LogP contribution is 2.33. The fourth-order valence-electron chi connectivity index (χ4n) is 1.82. The normalized spacial score (nSPS) is 24.0. The van der Waals surface area contributed by atoms with Gasteiger partial charge in [0.05, 0.1) is 11.3 Å². The summed E-state index contributed by atoms with van der Waals surface area (Å²) in [4.78, 5) is 3.94. The van der Waals surface area contributed by atoms with E-state index in [4.69, 9.17) is 0 Å². The molecule has 0 bridgehead atoms. The van der Waals surface area contributed by atoms with Gasteiger partial charge in [-0.15, -0.1) is 0 Å². The van der Waals surface area contributed by atoms with Crippen molar-refractivity contribution in [1.29, 1.82) is 0 Å². The highest BCUT2D eigenvalue weighted by molar-refractivity contribution is 5.31. The number of alkyl halides is 3. The molecular formula is C13H12F3N. The Morgan fingerprint density at radius 2 is 2.00 bits per heavy atom. The highest BCUT2D eigenvalue weighted by atomic mass is 19.4. The van der Waals surface area contributed by atoms with Gasteiger partial charge in [0.15, 0.2) is 0 Å². The van der Waals surface area contributed by atoms with Crippen molar-refractivity contribution in [2.45, 2.75) is 24.9 Å². The van der Waals surface area contributed by atoms with E-state index in [-0.39, 0.29) is 5.41 Å². The first-order valence-corrected chi connectivity index (χ1v) is 5.30. The van der Waals surface area contributed by atoms with E-state index in [1.165, 1.54) is 6.07 Å². The van der Waals surface area contributed by atoms with E-state index in [0.29, 0.717) is 5.69 Å². The molecule has 1 unspecified atom stereocenters. The third kappa shape index (κ3) is 2.40. The minimum absolute atomic E-state index is 0.307. The van der Waals surface area contributed by atoms with Gasteiger partial charge in [0.2, 0.25) is 0 Å². The Hall–Kier alpha value is -1.58. The van der Waals surface area contributed by atoms with Gasteiger partial charge in [-0.25, -0.2) is 0 Å². The van der Waals surface area contributed by atoms with Gasteiger partial charge in [0.1, 0.15) is 0 Å². The second-order valence-corrected chi connectivity index (χ2v) is 4.34. The van der Waals surface area contributed by atoms with Crippen molar-refractivity contribution >= 4 is 0 Å². The summed E-state index contributed by atoms with van der Waals surface area (Å²) in [5.74, 6) is 0. The van der Waals surface area contributed by atoms with E-state index in [2.05, 4.69) is 4.98 Å². The molecule has 0 aromatic carbocycles. The standard InChI is InChI=1S/C13H12F3N/c1-12(7-3-2-4-8-12)11-6-5-10(9-17-11)13(14,15)16/h2-7,9H,8H2,1H3. The third-order valence-electron chi connectivity index (χ3n) is 2.93. The monoisotopic (exact) mass is 239 g/mol. The number of hydrogen-bond acceptors (Lipinski definition) is 1. The van der Waals surface area contributed by atoms with Crippen molar-refractivity contribution < 1.29 is 13.2 Å². The second-order valence-electron chi connectivity index (χ2n) is 4.34. The lowest BCUT2D eigenvalue weighted by molar-refractivity contribution is -0.137. The summed E-state index contributed by atoms with van der Waals surface area (Å²) >= 11 is 0. The molecule has 1 aromatic heterocycles. The molecule has 0 amide bonds. The molecule has 0 radical (unpaired) electrons. The van der Waals surface area contributed by atoms with Gasteiger partial charge < -0.3 is 0 Å². The molecule has 0 aliphatic heterocycles. The Bertz CT molecular complexity index is 457. The number of hydrogen-bond donors (Lipinski definition) is 0. The Morgan fingerprint density at radius 1 is 1.24 bits per heavy atom. The number of halogens is 3. The molecule has 0 saturated heterocycles. The first kappa shape index (κ1) is 11.9. The third-order valence-corrected chi connectivity index (χ3v) is 2.93. The molecule has 0 N–H and O–H groups in total. The Balaban J connectivity index is 2.30. The summed E-state index contributed by atoms with van der Waals surface area (Å²) in [7, 11) is 0. The largest absolute Gasteiger partial charge is 0.417 e. The lowest BCUT2D eigenvalue weighted by Crippen LogP contribution is -2.21. The van der Waals surface area contributed by atoms with Crippen LogP contribution < -0.4 is 0 Å². The van der Waals surface area contributed by atoms with Crippen LogP contribution in [0.4, 0.5) is 13.2 Å². The quantitative estimate of drug-likeness (QED) is 0.724. The fraction of sp³-hybridized carbons (Fsp3) is 0.308. The molecule has 1 heterocycles. The van der Waals surface area contributed by atoms with Crippen molar-refractivity contribution in [3.63, 3.8) is 0 Å². The van der Waals surface area contributed by atoms with Crippen LogP contribution >= 0.6 is 0 Å². The molecule has 90 valence electrons. The molecule has 2 rings (SSSR count). The zero-order chi connectivity index (χ0) is 12.5. The van der Waals surface area contributed by atoms with Crippen LogP contribution in [0.15, 0.2) is 42.6 Å². The maximum Gasteiger partial charge on any atom is 0.417 e. The second kappa shape index (κ2) is 4.02. The molecule has 1 atom stereocenters. The van der Waals surface area contributed by atoms with Crippen LogP contribution in [0.25, 0.3) is 0 Å². The maximum absolute atomic E-state index is 12.4. The topological polar surface area (TPSA) is 12.9 Å². The zero-order valence-electron chi connectivity index (χ0n) is 9.33. The number of rotatable bonds is 1. The lowest BCUT2D eigenvalue weighted by Gasteiger charge is -2.26. The van der Waals surface area contributed by atoms with E-state index in [1.54, 1.807) is 0 Å². The molecule has 1 aliphatic rings. The van der Waals surface area contributed by atoms with Crippen molar-refractivity contribution in [2.75, 3.05) is 0 Å². The summed E-state index contributed by atoms with van der Waals surface area (Å²) in [6.07, 6.45) is 5.08. The molecule has 0 spiro atoms. The van der Waals surface area contributed by atoms with E-state index in [0.717, 1.165) is 18.7 Å². The van der Waals surface area contributed by atoms with Gasteiger partial charge in [-0.05, 0) is 18.6 Å². The maximum atomic E-state index is 12.4. The smallest absolute Gasteiger partial charge is 0.260 e. The van der Waals surface area contributed by atoms with Crippen molar-refractivity contribution in [3.05, 3.63) is 53.9 Å². The van der Waals surface area contributed by atoms with Crippen molar-refractivity contribution in [1.82, 2.24) is 4.98 Å². The molecule has 1 aromatic rings. The van der Waals surface area contributed by atoms with Crippen LogP contribution in [-0.2, 0) is 11.6 Å².